The van der Waals surface area contributed by atoms with Crippen LogP contribution in [0.15, 0.2) is 24.3 Å². The van der Waals surface area contributed by atoms with Crippen LogP contribution < -0.4 is 11.1 Å². The number of benzene rings is 1. The highest BCUT2D eigenvalue weighted by atomic mass is 19.4. The van der Waals surface area contributed by atoms with E-state index in [4.69, 9.17) is 10.8 Å². The molecule has 0 radical (unpaired) electrons. The van der Waals surface area contributed by atoms with Crippen molar-refractivity contribution >= 4 is 28.6 Å². The molecule has 10 heteroatoms. The van der Waals surface area contributed by atoms with Crippen molar-refractivity contribution in [2.75, 3.05) is 5.32 Å². The number of rotatable bonds is 5. The molecule has 0 saturated carbocycles. The first-order valence-corrected chi connectivity index (χ1v) is 6.30. The number of alkyl halides is 3. The van der Waals surface area contributed by atoms with E-state index in [1.807, 2.05) is 0 Å². The van der Waals surface area contributed by atoms with Crippen LogP contribution in [0.4, 0.5) is 19.0 Å². The van der Waals surface area contributed by atoms with Gasteiger partial charge in [-0.25, -0.2) is 14.8 Å². The van der Waals surface area contributed by atoms with E-state index in [0.29, 0.717) is 0 Å². The predicted molar refractivity (Wildman–Crippen MR) is 73.4 cm³/mol. The maximum absolute atomic E-state index is 12.9. The number of amides is 1. The quantitative estimate of drug-likeness (QED) is 0.763. The molecule has 0 unspecified atom stereocenters. The molecule has 0 saturated heterocycles. The summed E-state index contributed by atoms with van der Waals surface area (Å²) in [5, 5.41) is 11.6. The second-order valence-electron chi connectivity index (χ2n) is 4.62. The van der Waals surface area contributed by atoms with Gasteiger partial charge in [-0.15, -0.1) is 0 Å². The fraction of sp³-hybridized carbons (Fsp3) is 0.231. The predicted octanol–water partition coefficient (Wildman–Crippen LogP) is 1.39. The number of aromatic nitrogens is 2. The van der Waals surface area contributed by atoms with Crippen molar-refractivity contribution < 1.29 is 27.9 Å². The van der Waals surface area contributed by atoms with E-state index in [-0.39, 0.29) is 16.7 Å². The van der Waals surface area contributed by atoms with Crippen LogP contribution in [0.5, 0.6) is 0 Å². The Morgan fingerprint density at radius 3 is 2.48 bits per heavy atom. The third kappa shape index (κ3) is 3.84. The highest BCUT2D eigenvalue weighted by Crippen LogP contribution is 2.30. The van der Waals surface area contributed by atoms with Gasteiger partial charge < -0.3 is 16.2 Å². The minimum Gasteiger partial charge on any atom is -0.480 e. The van der Waals surface area contributed by atoms with Gasteiger partial charge in [-0.1, -0.05) is 12.1 Å². The zero-order chi connectivity index (χ0) is 17.2. The third-order valence-corrected chi connectivity index (χ3v) is 2.87. The number of primary amides is 1. The van der Waals surface area contributed by atoms with Crippen LogP contribution in [-0.2, 0) is 15.8 Å². The Labute approximate surface area is 127 Å². The topological polar surface area (TPSA) is 118 Å². The lowest BCUT2D eigenvalue weighted by molar-refractivity contribution is -0.144. The van der Waals surface area contributed by atoms with E-state index in [1.54, 1.807) is 0 Å². The van der Waals surface area contributed by atoms with Gasteiger partial charge in [-0.3, -0.25) is 4.79 Å². The Bertz CT molecular complexity index is 764. The smallest absolute Gasteiger partial charge is 0.451 e. The molecule has 1 heterocycles. The molecule has 0 aliphatic heterocycles. The Morgan fingerprint density at radius 1 is 1.26 bits per heavy atom. The van der Waals surface area contributed by atoms with Crippen LogP contribution in [0.25, 0.3) is 10.9 Å². The van der Waals surface area contributed by atoms with Gasteiger partial charge in [0, 0.05) is 5.39 Å². The molecule has 2 aromatic rings. The second-order valence-corrected chi connectivity index (χ2v) is 4.62. The molecule has 0 spiro atoms. The summed E-state index contributed by atoms with van der Waals surface area (Å²) in [4.78, 5) is 28.8. The number of halogens is 3. The average Bonchev–Trinajstić information content (AvgIpc) is 2.44. The van der Waals surface area contributed by atoms with Crippen LogP contribution in [0, 0.1) is 0 Å². The van der Waals surface area contributed by atoms with E-state index < -0.39 is 36.3 Å². The fourth-order valence-electron chi connectivity index (χ4n) is 1.88. The van der Waals surface area contributed by atoms with E-state index >= 15 is 0 Å². The first-order valence-electron chi connectivity index (χ1n) is 6.30. The number of nitrogens with one attached hydrogen (secondary N) is 1. The normalized spacial score (nSPS) is 12.8. The third-order valence-electron chi connectivity index (χ3n) is 2.87. The highest BCUT2D eigenvalue weighted by molar-refractivity contribution is 5.92. The Kier molecular flexibility index (Phi) is 4.34. The lowest BCUT2D eigenvalue weighted by atomic mass is 10.1. The number of hydrogen-bond donors (Lipinski definition) is 3. The minimum atomic E-state index is -4.80. The van der Waals surface area contributed by atoms with Crippen LogP contribution >= 0.6 is 0 Å². The van der Waals surface area contributed by atoms with Gasteiger partial charge in [0.2, 0.25) is 11.7 Å². The van der Waals surface area contributed by atoms with Gasteiger partial charge in [0.25, 0.3) is 0 Å². The van der Waals surface area contributed by atoms with E-state index in [1.165, 1.54) is 24.3 Å². The number of carbonyl (C=O) groups is 2. The summed E-state index contributed by atoms with van der Waals surface area (Å²) < 4.78 is 38.6. The summed E-state index contributed by atoms with van der Waals surface area (Å²) in [5.74, 6) is -4.11. The summed E-state index contributed by atoms with van der Waals surface area (Å²) in [6, 6.07) is 4.28. The molecule has 4 N–H and O–H groups in total. The van der Waals surface area contributed by atoms with Crippen LogP contribution in [0.1, 0.15) is 12.2 Å². The molecule has 1 amide bonds. The number of carboxylic acid groups (broad SMARTS) is 1. The first-order chi connectivity index (χ1) is 10.7. The number of nitrogens with two attached hydrogens (primary N) is 1. The zero-order valence-corrected chi connectivity index (χ0v) is 11.5. The van der Waals surface area contributed by atoms with Crippen molar-refractivity contribution in [1.29, 1.82) is 0 Å². The van der Waals surface area contributed by atoms with Gasteiger partial charge in [-0.05, 0) is 12.1 Å². The minimum absolute atomic E-state index is 0.0134. The fourth-order valence-corrected chi connectivity index (χ4v) is 1.88. The van der Waals surface area contributed by atoms with Gasteiger partial charge in [0.1, 0.15) is 11.9 Å². The van der Waals surface area contributed by atoms with Gasteiger partial charge in [0.15, 0.2) is 0 Å². The molecule has 122 valence electrons. The zero-order valence-electron chi connectivity index (χ0n) is 11.5. The number of carboxylic acids is 1. The molecular formula is C13H11F3N4O3. The standard InChI is InChI=1S/C13H11F3N4O3/c14-13(15,16)12-19-7-4-2-1-3-6(7)10(20-12)18-8(11(22)23)5-9(17)21/h1-4,8H,5H2,(H2,17,21)(H,22,23)(H,18,19,20)/t8-/m1/s1. The molecular weight excluding hydrogens is 317 g/mol. The summed E-state index contributed by atoms with van der Waals surface area (Å²) in [7, 11) is 0. The van der Waals surface area contributed by atoms with Gasteiger partial charge >= 0.3 is 12.1 Å². The largest absolute Gasteiger partial charge is 0.480 e. The molecule has 23 heavy (non-hydrogen) atoms. The van der Waals surface area contributed by atoms with Gasteiger partial charge in [0.05, 0.1) is 11.9 Å². The molecule has 0 aliphatic carbocycles. The summed E-state index contributed by atoms with van der Waals surface area (Å²) in [6.07, 6.45) is -5.40. The lowest BCUT2D eigenvalue weighted by Crippen LogP contribution is -2.34. The molecule has 0 bridgehead atoms. The number of nitrogens with zero attached hydrogens (tertiary/aromatic N) is 2. The highest BCUT2D eigenvalue weighted by Gasteiger charge is 2.36. The van der Waals surface area contributed by atoms with E-state index in [9.17, 15) is 22.8 Å². The maximum Gasteiger partial charge on any atom is 0.451 e. The molecule has 0 aliphatic rings. The second kappa shape index (κ2) is 6.07. The number of carbonyl (C=O) groups excluding carboxylic acids is 1. The van der Waals surface area contributed by atoms with Crippen molar-refractivity contribution in [2.24, 2.45) is 5.73 Å². The number of aliphatic carboxylic acids is 1. The van der Waals surface area contributed by atoms with Gasteiger partial charge in [-0.2, -0.15) is 13.2 Å². The SMILES string of the molecule is NC(=O)C[C@@H](Nc1nc(C(F)(F)F)nc2ccccc12)C(=O)O. The number of anilines is 1. The van der Waals surface area contributed by atoms with Crippen molar-refractivity contribution in [1.82, 2.24) is 9.97 Å². The Balaban J connectivity index is 2.53. The Hall–Kier alpha value is -2.91. The van der Waals surface area contributed by atoms with E-state index in [2.05, 4.69) is 15.3 Å². The molecule has 7 nitrogen and oxygen atoms in total. The summed E-state index contributed by atoms with van der Waals surface area (Å²) in [6.45, 7) is 0. The van der Waals surface area contributed by atoms with Crippen LogP contribution in [0.3, 0.4) is 0 Å². The lowest BCUT2D eigenvalue weighted by Gasteiger charge is -2.16. The monoisotopic (exact) mass is 328 g/mol. The molecule has 1 aromatic heterocycles. The van der Waals surface area contributed by atoms with Crippen molar-refractivity contribution in [3.8, 4) is 0 Å². The average molecular weight is 328 g/mol. The summed E-state index contributed by atoms with van der Waals surface area (Å²) in [5.41, 5.74) is 4.93. The van der Waals surface area contributed by atoms with E-state index in [0.717, 1.165) is 0 Å². The number of hydrogen-bond acceptors (Lipinski definition) is 5. The summed E-state index contributed by atoms with van der Waals surface area (Å²) >= 11 is 0. The van der Waals surface area contributed by atoms with Crippen LogP contribution in [0.2, 0.25) is 0 Å². The molecule has 2 rings (SSSR count). The molecule has 1 aromatic carbocycles. The van der Waals surface area contributed by atoms with Crippen LogP contribution in [-0.4, -0.2) is 33.0 Å². The Morgan fingerprint density at radius 2 is 1.91 bits per heavy atom. The van der Waals surface area contributed by atoms with Crippen molar-refractivity contribution in [3.05, 3.63) is 30.1 Å². The number of fused-ring (bicyclic) bond motifs is 1. The first kappa shape index (κ1) is 16.5. The number of para-hydroxylation sites is 1. The van der Waals surface area contributed by atoms with Crippen molar-refractivity contribution in [2.45, 2.75) is 18.6 Å². The molecule has 0 fully saturated rings. The maximum atomic E-state index is 12.9. The van der Waals surface area contributed by atoms with Crippen molar-refractivity contribution in [3.63, 3.8) is 0 Å². The molecule has 1 atom stereocenters.